The molecule has 4 heteroatoms. The predicted molar refractivity (Wildman–Crippen MR) is 97.1 cm³/mol. The van der Waals surface area contributed by atoms with Gasteiger partial charge in [0.25, 0.3) is 5.91 Å². The Kier molecular flexibility index (Phi) is 6.63. The van der Waals surface area contributed by atoms with E-state index in [0.29, 0.717) is 5.92 Å². The van der Waals surface area contributed by atoms with E-state index in [1.165, 1.54) is 12.0 Å². The van der Waals surface area contributed by atoms with E-state index in [9.17, 15) is 4.79 Å². The first-order chi connectivity index (χ1) is 10.8. The molecule has 2 aromatic carbocycles. The van der Waals surface area contributed by atoms with Crippen molar-refractivity contribution in [1.29, 1.82) is 0 Å². The first-order valence-corrected chi connectivity index (χ1v) is 7.97. The summed E-state index contributed by atoms with van der Waals surface area (Å²) in [4.78, 5) is 12.1. The fourth-order valence-corrected chi connectivity index (χ4v) is 2.90. The Morgan fingerprint density at radius 2 is 1.74 bits per heavy atom. The Morgan fingerprint density at radius 3 is 2.39 bits per heavy atom. The number of hydrogen-bond donors (Lipinski definition) is 2. The maximum Gasteiger partial charge on any atom is 0.251 e. The van der Waals surface area contributed by atoms with Crippen molar-refractivity contribution in [3.63, 3.8) is 0 Å². The molecule has 2 aromatic rings. The topological polar surface area (TPSA) is 41.1 Å². The van der Waals surface area contributed by atoms with Gasteiger partial charge in [0.15, 0.2) is 0 Å². The monoisotopic (exact) mass is 330 g/mol. The number of halogens is 1. The van der Waals surface area contributed by atoms with Gasteiger partial charge in [0.05, 0.1) is 0 Å². The van der Waals surface area contributed by atoms with Crippen molar-refractivity contribution in [3.8, 4) is 11.1 Å². The van der Waals surface area contributed by atoms with Gasteiger partial charge in [-0.05, 0) is 55.1 Å². The van der Waals surface area contributed by atoms with E-state index in [1.807, 2.05) is 42.5 Å². The summed E-state index contributed by atoms with van der Waals surface area (Å²) in [6, 6.07) is 18.0. The van der Waals surface area contributed by atoms with Crippen molar-refractivity contribution < 1.29 is 4.79 Å². The molecule has 1 saturated heterocycles. The molecule has 0 aromatic heterocycles. The second-order valence-corrected chi connectivity index (χ2v) is 5.85. The zero-order valence-electron chi connectivity index (χ0n) is 13.1. The fraction of sp³-hybridized carbons (Fsp3) is 0.316. The third-order valence-corrected chi connectivity index (χ3v) is 4.25. The van der Waals surface area contributed by atoms with Gasteiger partial charge in [-0.15, -0.1) is 12.4 Å². The van der Waals surface area contributed by atoms with Crippen LogP contribution in [-0.4, -0.2) is 25.5 Å². The molecule has 0 radical (unpaired) electrons. The van der Waals surface area contributed by atoms with E-state index in [1.54, 1.807) is 0 Å². The summed E-state index contributed by atoms with van der Waals surface area (Å²) < 4.78 is 0. The highest BCUT2D eigenvalue weighted by atomic mass is 35.5. The quantitative estimate of drug-likeness (QED) is 0.881. The molecule has 0 saturated carbocycles. The van der Waals surface area contributed by atoms with E-state index < -0.39 is 0 Å². The Labute approximate surface area is 143 Å². The SMILES string of the molecule is Cl.O=C(NCCC1CCNC1)c1ccc(-c2ccccc2)cc1. The largest absolute Gasteiger partial charge is 0.352 e. The summed E-state index contributed by atoms with van der Waals surface area (Å²) in [5.74, 6) is 0.728. The standard InChI is InChI=1S/C19H22N2O.ClH/c22-19(21-13-11-15-10-12-20-14-15)18-8-6-17(7-9-18)16-4-2-1-3-5-16;/h1-9,15,20H,10-14H2,(H,21,22);1H. The number of carbonyl (C=O) groups excluding carboxylic acids is 1. The van der Waals surface area contributed by atoms with Crippen molar-refractivity contribution in [2.45, 2.75) is 12.8 Å². The van der Waals surface area contributed by atoms with Gasteiger partial charge in [-0.1, -0.05) is 42.5 Å². The van der Waals surface area contributed by atoms with Gasteiger partial charge < -0.3 is 10.6 Å². The highest BCUT2D eigenvalue weighted by molar-refractivity contribution is 5.94. The van der Waals surface area contributed by atoms with Crippen molar-refractivity contribution in [2.24, 2.45) is 5.92 Å². The molecule has 0 spiro atoms. The molecule has 122 valence electrons. The third-order valence-electron chi connectivity index (χ3n) is 4.25. The lowest BCUT2D eigenvalue weighted by molar-refractivity contribution is 0.0951. The highest BCUT2D eigenvalue weighted by Crippen LogP contribution is 2.19. The molecule has 1 atom stereocenters. The van der Waals surface area contributed by atoms with Crippen LogP contribution in [0.2, 0.25) is 0 Å². The lowest BCUT2D eigenvalue weighted by Crippen LogP contribution is -2.26. The summed E-state index contributed by atoms with van der Waals surface area (Å²) in [7, 11) is 0. The minimum absolute atomic E-state index is 0. The van der Waals surface area contributed by atoms with Gasteiger partial charge in [0.2, 0.25) is 0 Å². The molecule has 3 rings (SSSR count). The van der Waals surface area contributed by atoms with Crippen LogP contribution in [0.4, 0.5) is 0 Å². The highest BCUT2D eigenvalue weighted by Gasteiger charge is 2.14. The minimum atomic E-state index is 0. The van der Waals surface area contributed by atoms with Gasteiger partial charge in [-0.25, -0.2) is 0 Å². The lowest BCUT2D eigenvalue weighted by Gasteiger charge is -2.10. The fourth-order valence-electron chi connectivity index (χ4n) is 2.90. The van der Waals surface area contributed by atoms with Crippen LogP contribution in [0, 0.1) is 5.92 Å². The molecular weight excluding hydrogens is 308 g/mol. The molecule has 1 aliphatic heterocycles. The maximum absolute atomic E-state index is 12.1. The van der Waals surface area contributed by atoms with E-state index in [2.05, 4.69) is 22.8 Å². The van der Waals surface area contributed by atoms with Crippen LogP contribution in [0.5, 0.6) is 0 Å². The smallest absolute Gasteiger partial charge is 0.251 e. The molecule has 1 fully saturated rings. The van der Waals surface area contributed by atoms with E-state index in [-0.39, 0.29) is 18.3 Å². The maximum atomic E-state index is 12.1. The molecule has 1 aliphatic rings. The second-order valence-electron chi connectivity index (χ2n) is 5.85. The Hall–Kier alpha value is -1.84. The molecule has 1 amide bonds. The summed E-state index contributed by atoms with van der Waals surface area (Å²) in [5.41, 5.74) is 3.03. The van der Waals surface area contributed by atoms with Crippen LogP contribution in [0.25, 0.3) is 11.1 Å². The van der Waals surface area contributed by atoms with Crippen molar-refractivity contribution in [2.75, 3.05) is 19.6 Å². The molecule has 1 unspecified atom stereocenters. The van der Waals surface area contributed by atoms with E-state index in [4.69, 9.17) is 0 Å². The number of carbonyl (C=O) groups is 1. The average molecular weight is 331 g/mol. The number of nitrogens with one attached hydrogen (secondary N) is 2. The number of rotatable bonds is 5. The number of amides is 1. The Morgan fingerprint density at radius 1 is 1.04 bits per heavy atom. The molecular formula is C19H23ClN2O. The Bertz CT molecular complexity index is 607. The van der Waals surface area contributed by atoms with Crippen LogP contribution in [0.1, 0.15) is 23.2 Å². The van der Waals surface area contributed by atoms with Crippen LogP contribution in [0.3, 0.4) is 0 Å². The van der Waals surface area contributed by atoms with Gasteiger partial charge in [-0.3, -0.25) is 4.79 Å². The normalized spacial score (nSPS) is 16.6. The lowest BCUT2D eigenvalue weighted by atomic mass is 10.0. The number of hydrogen-bond acceptors (Lipinski definition) is 2. The summed E-state index contributed by atoms with van der Waals surface area (Å²) in [6.07, 6.45) is 2.28. The van der Waals surface area contributed by atoms with E-state index >= 15 is 0 Å². The zero-order chi connectivity index (χ0) is 15.2. The zero-order valence-corrected chi connectivity index (χ0v) is 13.9. The summed E-state index contributed by atoms with van der Waals surface area (Å²) in [6.45, 7) is 2.95. The second kappa shape index (κ2) is 8.70. The minimum Gasteiger partial charge on any atom is -0.352 e. The average Bonchev–Trinajstić information content (AvgIpc) is 3.09. The number of benzene rings is 2. The first kappa shape index (κ1) is 17.5. The van der Waals surface area contributed by atoms with Crippen LogP contribution in [-0.2, 0) is 0 Å². The van der Waals surface area contributed by atoms with Crippen LogP contribution in [0.15, 0.2) is 54.6 Å². The predicted octanol–water partition coefficient (Wildman–Crippen LogP) is 3.50. The van der Waals surface area contributed by atoms with Crippen molar-refractivity contribution >= 4 is 18.3 Å². The summed E-state index contributed by atoms with van der Waals surface area (Å²) in [5, 5.41) is 6.37. The molecule has 0 aliphatic carbocycles. The third kappa shape index (κ3) is 4.81. The van der Waals surface area contributed by atoms with Crippen LogP contribution < -0.4 is 10.6 Å². The molecule has 3 nitrogen and oxygen atoms in total. The van der Waals surface area contributed by atoms with Gasteiger partial charge in [-0.2, -0.15) is 0 Å². The molecule has 23 heavy (non-hydrogen) atoms. The van der Waals surface area contributed by atoms with Gasteiger partial charge >= 0.3 is 0 Å². The van der Waals surface area contributed by atoms with Crippen LogP contribution >= 0.6 is 12.4 Å². The summed E-state index contributed by atoms with van der Waals surface area (Å²) >= 11 is 0. The van der Waals surface area contributed by atoms with Crippen molar-refractivity contribution in [1.82, 2.24) is 10.6 Å². The molecule has 2 N–H and O–H groups in total. The van der Waals surface area contributed by atoms with Gasteiger partial charge in [0, 0.05) is 12.1 Å². The molecule has 0 bridgehead atoms. The molecule has 1 heterocycles. The van der Waals surface area contributed by atoms with Crippen molar-refractivity contribution in [3.05, 3.63) is 60.2 Å². The first-order valence-electron chi connectivity index (χ1n) is 7.97. The van der Waals surface area contributed by atoms with E-state index in [0.717, 1.165) is 37.2 Å². The Balaban J connectivity index is 0.00000192. The van der Waals surface area contributed by atoms with Gasteiger partial charge in [0.1, 0.15) is 0 Å².